The third-order valence-electron chi connectivity index (χ3n) is 4.54. The van der Waals surface area contributed by atoms with Crippen LogP contribution in [0.25, 0.3) is 21.9 Å². The molecule has 1 N–H and O–H groups in total. The molecular weight excluding hydrogens is 483 g/mol. The minimum atomic E-state index is -4.21. The molecule has 2 aliphatic heterocycles. The fourth-order valence-electron chi connectivity index (χ4n) is 3.43. The lowest BCUT2D eigenvalue weighted by molar-refractivity contribution is -0.287. The van der Waals surface area contributed by atoms with Crippen molar-refractivity contribution in [3.8, 4) is 23.0 Å². The fraction of sp³-hybridized carbons (Fsp3) is 0.222. The van der Waals surface area contributed by atoms with Crippen LogP contribution in [0, 0.1) is 0 Å². The highest BCUT2D eigenvalue weighted by Gasteiger charge is 2.48. The van der Waals surface area contributed by atoms with Crippen LogP contribution in [0.4, 0.5) is 17.6 Å². The van der Waals surface area contributed by atoms with E-state index in [1.165, 1.54) is 6.92 Å². The van der Waals surface area contributed by atoms with E-state index in [0.29, 0.717) is 0 Å². The minimum absolute atomic E-state index is 0.132. The number of benzene rings is 2. The molecule has 0 saturated carbocycles. The molecular formula is C18H9F4O10P. The van der Waals surface area contributed by atoms with E-state index in [1.807, 2.05) is 0 Å². The van der Waals surface area contributed by atoms with Crippen molar-refractivity contribution in [3.05, 3.63) is 23.3 Å². The predicted octanol–water partition coefficient (Wildman–Crippen LogP) is 4.68. The molecule has 5 rings (SSSR count). The molecule has 174 valence electrons. The molecule has 15 heteroatoms. The maximum Gasteiger partial charge on any atom is 0.586 e. The van der Waals surface area contributed by atoms with Crippen LogP contribution in [0.5, 0.6) is 23.0 Å². The molecule has 10 nitrogen and oxygen atoms in total. The van der Waals surface area contributed by atoms with Crippen molar-refractivity contribution in [2.45, 2.75) is 19.5 Å². The Labute approximate surface area is 179 Å². The third-order valence-corrected chi connectivity index (χ3v) is 5.21. The second-order valence-corrected chi connectivity index (χ2v) is 7.39. The zero-order valence-corrected chi connectivity index (χ0v) is 16.9. The number of halogens is 4. The summed E-state index contributed by atoms with van der Waals surface area (Å²) in [4.78, 5) is 34.4. The number of esters is 1. The number of rotatable bonds is 3. The highest BCUT2D eigenvalue weighted by atomic mass is 31.1. The predicted molar refractivity (Wildman–Crippen MR) is 97.7 cm³/mol. The molecule has 0 aliphatic carbocycles. The summed E-state index contributed by atoms with van der Waals surface area (Å²) >= 11 is 0. The number of aldehydes is 1. The van der Waals surface area contributed by atoms with E-state index in [2.05, 4.69) is 18.9 Å². The maximum atomic E-state index is 14.0. The van der Waals surface area contributed by atoms with E-state index < -0.39 is 82.9 Å². The number of alkyl halides is 4. The zero-order valence-electron chi connectivity index (χ0n) is 16.0. The molecule has 0 spiro atoms. The average Bonchev–Trinajstić information content (AvgIpc) is 3.14. The zero-order chi connectivity index (χ0) is 23.7. The summed E-state index contributed by atoms with van der Waals surface area (Å²) in [5.41, 5.74) is -2.14. The smallest absolute Gasteiger partial charge is 0.462 e. The number of carbonyl (C=O) groups is 2. The summed E-state index contributed by atoms with van der Waals surface area (Å²) in [5.74, 6) is -3.94. The Morgan fingerprint density at radius 3 is 2.12 bits per heavy atom. The first-order valence-electron chi connectivity index (χ1n) is 8.95. The summed E-state index contributed by atoms with van der Waals surface area (Å²) < 4.78 is 89.0. The minimum Gasteiger partial charge on any atom is -0.462 e. The first kappa shape index (κ1) is 21.2. The molecule has 0 saturated heterocycles. The number of hydrogen-bond acceptors (Lipinski definition) is 10. The lowest BCUT2D eigenvalue weighted by atomic mass is 10.0. The lowest BCUT2D eigenvalue weighted by Crippen LogP contribution is -2.26. The summed E-state index contributed by atoms with van der Waals surface area (Å²) in [6.45, 7) is 1.33. The third kappa shape index (κ3) is 3.29. The van der Waals surface area contributed by atoms with Gasteiger partial charge in [-0.1, -0.05) is 0 Å². The van der Waals surface area contributed by atoms with Gasteiger partial charge in [0.2, 0.25) is 0 Å². The first-order chi connectivity index (χ1) is 15.5. The van der Waals surface area contributed by atoms with Gasteiger partial charge in [0, 0.05) is 6.07 Å². The summed E-state index contributed by atoms with van der Waals surface area (Å²) in [6.07, 6.45) is -8.24. The molecule has 3 aromatic rings. The Kier molecular flexibility index (Phi) is 4.45. The number of carbonyl (C=O) groups excluding carboxylic acids is 2. The van der Waals surface area contributed by atoms with Gasteiger partial charge in [-0.3, -0.25) is 9.69 Å². The van der Waals surface area contributed by atoms with E-state index >= 15 is 0 Å². The molecule has 2 aromatic carbocycles. The average molecular weight is 492 g/mol. The quantitative estimate of drug-likeness (QED) is 0.313. The van der Waals surface area contributed by atoms with Crippen molar-refractivity contribution < 1.29 is 64.1 Å². The van der Waals surface area contributed by atoms with Crippen molar-refractivity contribution in [2.75, 3.05) is 6.61 Å². The number of fused-ring (bicyclic) bond motifs is 7. The van der Waals surface area contributed by atoms with Crippen molar-refractivity contribution in [1.82, 2.24) is 0 Å². The van der Waals surface area contributed by atoms with E-state index in [-0.39, 0.29) is 12.9 Å². The Morgan fingerprint density at radius 1 is 1.00 bits per heavy atom. The van der Waals surface area contributed by atoms with Gasteiger partial charge >= 0.3 is 26.8 Å². The van der Waals surface area contributed by atoms with Crippen LogP contribution in [-0.2, 0) is 4.74 Å². The van der Waals surface area contributed by atoms with Crippen LogP contribution in [0.2, 0.25) is 0 Å². The number of hydrogen-bond donors (Lipinski definition) is 1. The Morgan fingerprint density at radius 2 is 1.55 bits per heavy atom. The summed E-state index contributed by atoms with van der Waals surface area (Å²) in [5, 5.41) is -1.17. The normalized spacial score (nSPS) is 17.3. The highest BCUT2D eigenvalue weighted by molar-refractivity contribution is 7.30. The van der Waals surface area contributed by atoms with Crippen LogP contribution in [0.15, 0.2) is 20.5 Å². The molecule has 1 aromatic heterocycles. The Hall–Kier alpha value is -3.64. The topological polar surface area (TPSA) is 127 Å². The van der Waals surface area contributed by atoms with Gasteiger partial charge in [-0.05, 0) is 13.0 Å². The molecule has 0 bridgehead atoms. The summed E-state index contributed by atoms with van der Waals surface area (Å²) in [6, 6.07) is 1.63. The fourth-order valence-corrected chi connectivity index (χ4v) is 4.16. The van der Waals surface area contributed by atoms with Crippen LogP contribution < -0.4 is 18.9 Å². The van der Waals surface area contributed by atoms with E-state index in [1.54, 1.807) is 0 Å². The van der Waals surface area contributed by atoms with Crippen molar-refractivity contribution >= 4 is 42.4 Å². The van der Waals surface area contributed by atoms with Crippen molar-refractivity contribution in [1.29, 1.82) is 0 Å². The standard InChI is InChI=1S/C18H9F4O10P/c1-2-26-16(24)7-4-9-15(30-18(21,22)28-9)11-10-12(31-33(25)32-13(7)11)6(5-23)3-8-14(10)29-17(19,20)27-8/h3-5,25H,2H2,1H3. The summed E-state index contributed by atoms with van der Waals surface area (Å²) in [7, 11) is -2.96. The van der Waals surface area contributed by atoms with Crippen LogP contribution >= 0.6 is 8.24 Å². The van der Waals surface area contributed by atoms with Gasteiger partial charge in [0.05, 0.1) is 22.9 Å². The molecule has 3 heterocycles. The van der Waals surface area contributed by atoms with Crippen molar-refractivity contribution in [2.24, 2.45) is 0 Å². The highest BCUT2D eigenvalue weighted by Crippen LogP contribution is 2.55. The van der Waals surface area contributed by atoms with E-state index in [4.69, 9.17) is 13.1 Å². The van der Waals surface area contributed by atoms with E-state index in [9.17, 15) is 32.0 Å². The molecule has 0 amide bonds. The first-order valence-corrected chi connectivity index (χ1v) is 10.1. The van der Waals surface area contributed by atoms with Crippen LogP contribution in [-0.4, -0.2) is 36.3 Å². The molecule has 33 heavy (non-hydrogen) atoms. The second-order valence-electron chi connectivity index (χ2n) is 6.55. The van der Waals surface area contributed by atoms with Gasteiger partial charge < -0.3 is 32.1 Å². The van der Waals surface area contributed by atoms with Gasteiger partial charge in [-0.2, -0.15) is 0 Å². The van der Waals surface area contributed by atoms with Crippen LogP contribution in [0.3, 0.4) is 0 Å². The second kappa shape index (κ2) is 6.93. The van der Waals surface area contributed by atoms with Gasteiger partial charge in [0.15, 0.2) is 40.5 Å². The van der Waals surface area contributed by atoms with Crippen molar-refractivity contribution in [3.63, 3.8) is 0 Å². The molecule has 1 atom stereocenters. The van der Waals surface area contributed by atoms with Gasteiger partial charge in [-0.15, -0.1) is 17.6 Å². The Bertz CT molecular complexity index is 1400. The molecule has 1 unspecified atom stereocenters. The molecule has 2 aliphatic rings. The SMILES string of the molecule is CCOC(=O)c1cc2c(c3c1op(O)oc1c(C=O)cc4c(c13)OC(F)(F)O4)OC(F)(F)O2. The molecule has 0 fully saturated rings. The van der Waals surface area contributed by atoms with Gasteiger partial charge in [0.25, 0.3) is 0 Å². The van der Waals surface area contributed by atoms with E-state index in [0.717, 1.165) is 12.1 Å². The monoisotopic (exact) mass is 492 g/mol. The van der Waals surface area contributed by atoms with Gasteiger partial charge in [-0.25, -0.2) is 4.79 Å². The largest absolute Gasteiger partial charge is 0.586 e. The van der Waals surface area contributed by atoms with Gasteiger partial charge in [0.1, 0.15) is 5.56 Å². The molecule has 0 radical (unpaired) electrons. The maximum absolute atomic E-state index is 14.0. The lowest BCUT2D eigenvalue weighted by Gasteiger charge is -2.08. The van der Waals surface area contributed by atoms with Crippen LogP contribution in [0.1, 0.15) is 27.6 Å². The number of ether oxygens (including phenoxy) is 5. The Balaban J connectivity index is 2.05.